The van der Waals surface area contributed by atoms with Gasteiger partial charge < -0.3 is 11.6 Å². The number of aromatic hydroxyl groups is 2. The Bertz CT molecular complexity index is 606. The number of aryl methyl sites for hydroxylation is 1. The molecular formula is C21H39NaO6S. The van der Waals surface area contributed by atoms with Crippen molar-refractivity contribution in [1.82, 2.24) is 0 Å². The molecule has 0 aliphatic rings. The van der Waals surface area contributed by atoms with Crippen molar-refractivity contribution in [3.05, 3.63) is 23.8 Å². The molecule has 0 atom stereocenters. The van der Waals surface area contributed by atoms with Gasteiger partial charge in [-0.05, 0) is 36.6 Å². The van der Waals surface area contributed by atoms with Crippen molar-refractivity contribution in [1.29, 1.82) is 0 Å². The van der Waals surface area contributed by atoms with Crippen LogP contribution in [0.5, 0.6) is 11.5 Å². The van der Waals surface area contributed by atoms with E-state index < -0.39 is 10.4 Å². The zero-order valence-corrected chi connectivity index (χ0v) is 21.0. The predicted molar refractivity (Wildman–Crippen MR) is 114 cm³/mol. The molecule has 0 heterocycles. The van der Waals surface area contributed by atoms with Gasteiger partial charge in [-0.15, -0.1) is 0 Å². The molecule has 8 heteroatoms. The monoisotopic (exact) mass is 442 g/mol. The van der Waals surface area contributed by atoms with Gasteiger partial charge in [-0.25, -0.2) is 0 Å². The molecule has 0 bridgehead atoms. The molecule has 166 valence electrons. The first kappa shape index (κ1) is 30.9. The Morgan fingerprint density at radius 3 is 1.55 bits per heavy atom. The van der Waals surface area contributed by atoms with Crippen LogP contribution in [0, 0.1) is 0 Å². The third-order valence-electron chi connectivity index (χ3n) is 4.61. The number of unbranched alkanes of at least 4 members (excludes halogenated alkanes) is 12. The van der Waals surface area contributed by atoms with Crippen LogP contribution in [0.25, 0.3) is 0 Å². The first-order valence-electron chi connectivity index (χ1n) is 10.4. The van der Waals surface area contributed by atoms with E-state index in [4.69, 9.17) is 17.5 Å². The fourth-order valence-corrected chi connectivity index (χ4v) is 3.11. The Kier molecular flexibility index (Phi) is 20.9. The quantitative estimate of drug-likeness (QED) is 0.152. The van der Waals surface area contributed by atoms with Crippen LogP contribution < -0.4 is 29.6 Å². The minimum absolute atomic E-state index is 0. The van der Waals surface area contributed by atoms with Crippen LogP contribution >= 0.6 is 0 Å². The van der Waals surface area contributed by atoms with Crippen molar-refractivity contribution in [2.75, 3.05) is 0 Å². The summed E-state index contributed by atoms with van der Waals surface area (Å²) in [5.74, 6) is 0.550. The molecule has 29 heavy (non-hydrogen) atoms. The number of hydrogen-bond donors (Lipinski definition) is 4. The molecular weight excluding hydrogens is 403 g/mol. The Labute approximate surface area is 200 Å². The summed E-state index contributed by atoms with van der Waals surface area (Å²) in [7, 11) is -4.67. The molecule has 0 spiro atoms. The van der Waals surface area contributed by atoms with Gasteiger partial charge in [0.25, 0.3) is 0 Å². The second kappa shape index (κ2) is 19.6. The molecule has 0 saturated heterocycles. The summed E-state index contributed by atoms with van der Waals surface area (Å²) in [6, 6.07) is 4.78. The van der Waals surface area contributed by atoms with Gasteiger partial charge in [-0.3, -0.25) is 9.11 Å². The topological polar surface area (TPSA) is 115 Å². The molecule has 6 nitrogen and oxygen atoms in total. The zero-order chi connectivity index (χ0) is 21.3. The van der Waals surface area contributed by atoms with Crippen LogP contribution in [0.1, 0.15) is 97.4 Å². The standard InChI is InChI=1S/C21H36O2.Na.H2O4S.H/c1-2-3-4-5-6-7-8-9-10-11-12-13-14-15-19-18-20(22)16-17-21(19)23;;1-5(2,3)4;/h16-18,22-23H,2-15H2,1H3;;(H2,1,2,3,4);/q;+1;;-1. The molecule has 1 aromatic rings. The summed E-state index contributed by atoms with van der Waals surface area (Å²) in [5.41, 5.74) is 0.869. The van der Waals surface area contributed by atoms with E-state index >= 15 is 0 Å². The van der Waals surface area contributed by atoms with E-state index in [1.165, 1.54) is 83.1 Å². The Morgan fingerprint density at radius 2 is 1.14 bits per heavy atom. The SMILES string of the molecule is CCCCCCCCCCCCCCCc1cc(O)ccc1O.O=S(=O)(O)O.[H-].[Na+]. The number of phenols is 2. The molecule has 4 N–H and O–H groups in total. The van der Waals surface area contributed by atoms with Gasteiger partial charge in [-0.1, -0.05) is 84.0 Å². The van der Waals surface area contributed by atoms with E-state index in [9.17, 15) is 10.2 Å². The second-order valence-corrected chi connectivity index (χ2v) is 8.15. The number of rotatable bonds is 14. The number of phenolic OH excluding ortho intramolecular Hbond substituents is 2. The first-order chi connectivity index (χ1) is 13.2. The van der Waals surface area contributed by atoms with Crippen LogP contribution in [0.15, 0.2) is 18.2 Å². The minimum atomic E-state index is -4.67. The molecule has 0 fully saturated rings. The average Bonchev–Trinajstić information content (AvgIpc) is 2.60. The fourth-order valence-electron chi connectivity index (χ4n) is 3.11. The summed E-state index contributed by atoms with van der Waals surface area (Å²) in [5, 5.41) is 19.1. The average molecular weight is 443 g/mol. The van der Waals surface area contributed by atoms with Crippen molar-refractivity contribution < 1.29 is 58.7 Å². The first-order valence-corrected chi connectivity index (χ1v) is 11.8. The van der Waals surface area contributed by atoms with E-state index in [0.29, 0.717) is 5.75 Å². The largest absolute Gasteiger partial charge is 1.00 e. The predicted octanol–water partition coefficient (Wildman–Crippen LogP) is 3.20. The van der Waals surface area contributed by atoms with Gasteiger partial charge in [-0.2, -0.15) is 8.42 Å². The van der Waals surface area contributed by atoms with E-state index in [1.807, 2.05) is 0 Å². The summed E-state index contributed by atoms with van der Waals surface area (Å²) < 4.78 is 31.6. The Balaban J connectivity index is -0.000000930. The van der Waals surface area contributed by atoms with Gasteiger partial charge >= 0.3 is 40.0 Å². The van der Waals surface area contributed by atoms with Gasteiger partial charge in [0.05, 0.1) is 0 Å². The van der Waals surface area contributed by atoms with Crippen molar-refractivity contribution in [2.24, 2.45) is 0 Å². The van der Waals surface area contributed by atoms with E-state index in [1.54, 1.807) is 12.1 Å². The summed E-state index contributed by atoms with van der Waals surface area (Å²) >= 11 is 0. The third-order valence-corrected chi connectivity index (χ3v) is 4.61. The summed E-state index contributed by atoms with van der Waals surface area (Å²) in [6.07, 6.45) is 18.4. The van der Waals surface area contributed by atoms with Crippen molar-refractivity contribution in [3.8, 4) is 11.5 Å². The van der Waals surface area contributed by atoms with Gasteiger partial charge in [0.15, 0.2) is 0 Å². The van der Waals surface area contributed by atoms with Gasteiger partial charge in [0, 0.05) is 0 Å². The normalized spacial score (nSPS) is 10.7. The molecule has 0 aliphatic carbocycles. The molecule has 1 rings (SSSR count). The van der Waals surface area contributed by atoms with Gasteiger partial charge in [0.1, 0.15) is 11.5 Å². The van der Waals surface area contributed by atoms with Crippen LogP contribution in [-0.4, -0.2) is 27.7 Å². The van der Waals surface area contributed by atoms with Crippen molar-refractivity contribution in [3.63, 3.8) is 0 Å². The third kappa shape index (κ3) is 23.8. The second-order valence-electron chi connectivity index (χ2n) is 7.25. The maximum atomic E-state index is 9.72. The van der Waals surface area contributed by atoms with E-state index in [2.05, 4.69) is 6.92 Å². The smallest absolute Gasteiger partial charge is 1.00 e. The minimum Gasteiger partial charge on any atom is -1.00 e. The fraction of sp³-hybridized carbons (Fsp3) is 0.714. The molecule has 0 saturated carbocycles. The van der Waals surface area contributed by atoms with Crippen LogP contribution in [0.3, 0.4) is 0 Å². The zero-order valence-electron chi connectivity index (χ0n) is 19.1. The van der Waals surface area contributed by atoms with E-state index in [0.717, 1.165) is 18.4 Å². The number of benzene rings is 1. The van der Waals surface area contributed by atoms with Crippen molar-refractivity contribution >= 4 is 10.4 Å². The molecule has 0 amide bonds. The van der Waals surface area contributed by atoms with Crippen LogP contribution in [0.4, 0.5) is 0 Å². The number of hydrogen-bond acceptors (Lipinski definition) is 4. The molecule has 0 unspecified atom stereocenters. The molecule has 1 aromatic carbocycles. The molecule has 0 radical (unpaired) electrons. The Morgan fingerprint density at radius 1 is 0.759 bits per heavy atom. The summed E-state index contributed by atoms with van der Waals surface area (Å²) in [4.78, 5) is 0. The summed E-state index contributed by atoms with van der Waals surface area (Å²) in [6.45, 7) is 2.27. The maximum Gasteiger partial charge on any atom is 1.00 e. The molecule has 0 aliphatic heterocycles. The molecule has 0 aromatic heterocycles. The Hall–Kier alpha value is -0.310. The van der Waals surface area contributed by atoms with Crippen LogP contribution in [-0.2, 0) is 16.8 Å². The van der Waals surface area contributed by atoms with Gasteiger partial charge in [0.2, 0.25) is 0 Å². The van der Waals surface area contributed by atoms with Crippen LogP contribution in [0.2, 0.25) is 0 Å². The van der Waals surface area contributed by atoms with Crippen molar-refractivity contribution in [2.45, 2.75) is 96.8 Å². The maximum absolute atomic E-state index is 9.72. The van der Waals surface area contributed by atoms with E-state index in [-0.39, 0.29) is 36.7 Å².